The number of amides is 1. The molecule has 1 aromatic rings. The molecule has 2 aliphatic rings. The zero-order valence-electron chi connectivity index (χ0n) is 10.5. The van der Waals surface area contributed by atoms with Gasteiger partial charge in [0.2, 0.25) is 0 Å². The van der Waals surface area contributed by atoms with Gasteiger partial charge in [-0.2, -0.15) is 0 Å². The Bertz CT molecular complexity index is 414. The van der Waals surface area contributed by atoms with E-state index in [2.05, 4.69) is 10.3 Å². The predicted molar refractivity (Wildman–Crippen MR) is 69.3 cm³/mol. The first-order valence-corrected chi connectivity index (χ1v) is 6.80. The second kappa shape index (κ2) is 5.06. The van der Waals surface area contributed by atoms with Crippen molar-refractivity contribution in [3.8, 4) is 0 Å². The minimum Gasteiger partial charge on any atom is -0.334 e. The summed E-state index contributed by atoms with van der Waals surface area (Å²) in [6, 6.07) is 4.55. The summed E-state index contributed by atoms with van der Waals surface area (Å²) in [6.45, 7) is 1.98. The van der Waals surface area contributed by atoms with Crippen molar-refractivity contribution in [3.63, 3.8) is 0 Å². The van der Waals surface area contributed by atoms with Crippen LogP contribution in [0, 0.1) is 0 Å². The summed E-state index contributed by atoms with van der Waals surface area (Å²) >= 11 is 0. The molecular weight excluding hydrogens is 226 g/mol. The molecule has 2 fully saturated rings. The van der Waals surface area contributed by atoms with Crippen molar-refractivity contribution in [1.82, 2.24) is 15.2 Å². The molecule has 2 unspecified atom stereocenters. The van der Waals surface area contributed by atoms with E-state index < -0.39 is 0 Å². The lowest BCUT2D eigenvalue weighted by atomic mass is 10.0. The van der Waals surface area contributed by atoms with Crippen molar-refractivity contribution in [2.45, 2.75) is 37.8 Å². The highest BCUT2D eigenvalue weighted by atomic mass is 16.2. The van der Waals surface area contributed by atoms with Crippen LogP contribution < -0.4 is 5.32 Å². The van der Waals surface area contributed by atoms with Crippen LogP contribution in [0.3, 0.4) is 0 Å². The van der Waals surface area contributed by atoms with Crippen LogP contribution in [0.15, 0.2) is 24.5 Å². The van der Waals surface area contributed by atoms with E-state index in [-0.39, 0.29) is 5.91 Å². The smallest absolute Gasteiger partial charge is 0.255 e. The van der Waals surface area contributed by atoms with Crippen LogP contribution in [0.25, 0.3) is 0 Å². The fourth-order valence-electron chi connectivity index (χ4n) is 3.16. The summed E-state index contributed by atoms with van der Waals surface area (Å²) in [7, 11) is 0. The molecule has 4 nitrogen and oxygen atoms in total. The molecule has 1 N–H and O–H groups in total. The maximum absolute atomic E-state index is 12.5. The Morgan fingerprint density at radius 1 is 1.39 bits per heavy atom. The molecule has 2 aliphatic heterocycles. The van der Waals surface area contributed by atoms with Gasteiger partial charge in [-0.1, -0.05) is 0 Å². The highest BCUT2D eigenvalue weighted by Gasteiger charge is 2.36. The van der Waals surface area contributed by atoms with Gasteiger partial charge < -0.3 is 10.2 Å². The van der Waals surface area contributed by atoms with Gasteiger partial charge in [0.1, 0.15) is 0 Å². The fourth-order valence-corrected chi connectivity index (χ4v) is 3.16. The molecule has 0 aromatic carbocycles. The predicted octanol–water partition coefficient (Wildman–Crippen LogP) is 1.44. The van der Waals surface area contributed by atoms with Crippen molar-refractivity contribution in [1.29, 1.82) is 0 Å². The zero-order chi connectivity index (χ0) is 12.4. The summed E-state index contributed by atoms with van der Waals surface area (Å²) in [5.74, 6) is 0.138. The van der Waals surface area contributed by atoms with Gasteiger partial charge in [-0.3, -0.25) is 9.78 Å². The molecule has 1 aromatic heterocycles. The lowest BCUT2D eigenvalue weighted by Crippen LogP contribution is -2.46. The topological polar surface area (TPSA) is 45.2 Å². The quantitative estimate of drug-likeness (QED) is 0.857. The van der Waals surface area contributed by atoms with Crippen molar-refractivity contribution in [3.05, 3.63) is 30.1 Å². The number of hydrogen-bond donors (Lipinski definition) is 1. The third-order valence-electron chi connectivity index (χ3n) is 4.03. The second-order valence-electron chi connectivity index (χ2n) is 5.15. The van der Waals surface area contributed by atoms with E-state index in [4.69, 9.17) is 0 Å². The van der Waals surface area contributed by atoms with Gasteiger partial charge in [-0.25, -0.2) is 0 Å². The average Bonchev–Trinajstić information content (AvgIpc) is 3.09. The van der Waals surface area contributed by atoms with Crippen LogP contribution in [0.2, 0.25) is 0 Å². The number of carbonyl (C=O) groups is 1. The number of nitrogens with one attached hydrogen (secondary N) is 1. The number of aromatic nitrogens is 1. The SMILES string of the molecule is O=C(c1cccnc1)N1CCCC1C1CCCN1. The van der Waals surface area contributed by atoms with E-state index in [0.717, 1.165) is 25.9 Å². The maximum Gasteiger partial charge on any atom is 0.255 e. The molecule has 0 radical (unpaired) electrons. The first-order valence-electron chi connectivity index (χ1n) is 6.80. The Balaban J connectivity index is 1.76. The summed E-state index contributed by atoms with van der Waals surface area (Å²) in [5, 5.41) is 3.53. The van der Waals surface area contributed by atoms with E-state index in [1.165, 1.54) is 12.8 Å². The highest BCUT2D eigenvalue weighted by molar-refractivity contribution is 5.94. The molecule has 0 aliphatic carbocycles. The maximum atomic E-state index is 12.5. The minimum absolute atomic E-state index is 0.138. The molecule has 3 heterocycles. The van der Waals surface area contributed by atoms with Gasteiger partial charge in [0.25, 0.3) is 5.91 Å². The monoisotopic (exact) mass is 245 g/mol. The standard InChI is InChI=1S/C14H19N3O/c18-14(11-4-1-7-15-10-11)17-9-3-6-13(17)12-5-2-8-16-12/h1,4,7,10,12-13,16H,2-3,5-6,8-9H2. The fraction of sp³-hybridized carbons (Fsp3) is 0.571. The summed E-state index contributed by atoms with van der Waals surface area (Å²) in [4.78, 5) is 18.6. The Labute approximate surface area is 107 Å². The van der Waals surface area contributed by atoms with Gasteiger partial charge >= 0.3 is 0 Å². The Morgan fingerprint density at radius 3 is 3.06 bits per heavy atom. The lowest BCUT2D eigenvalue weighted by molar-refractivity contribution is 0.0711. The molecule has 0 bridgehead atoms. The normalized spacial score (nSPS) is 27.7. The van der Waals surface area contributed by atoms with Crippen LogP contribution in [0.1, 0.15) is 36.0 Å². The Morgan fingerprint density at radius 2 is 2.33 bits per heavy atom. The van der Waals surface area contributed by atoms with Gasteiger partial charge in [-0.15, -0.1) is 0 Å². The van der Waals surface area contributed by atoms with Crippen molar-refractivity contribution in [2.75, 3.05) is 13.1 Å². The van der Waals surface area contributed by atoms with Crippen LogP contribution in [-0.4, -0.2) is 41.0 Å². The van der Waals surface area contributed by atoms with Crippen LogP contribution >= 0.6 is 0 Å². The third-order valence-corrected chi connectivity index (χ3v) is 4.03. The van der Waals surface area contributed by atoms with Crippen LogP contribution in [0.4, 0.5) is 0 Å². The van der Waals surface area contributed by atoms with Crippen molar-refractivity contribution in [2.24, 2.45) is 0 Å². The largest absolute Gasteiger partial charge is 0.334 e. The molecule has 0 saturated carbocycles. The van der Waals surface area contributed by atoms with E-state index in [1.807, 2.05) is 17.0 Å². The molecule has 18 heavy (non-hydrogen) atoms. The van der Waals surface area contributed by atoms with Gasteiger partial charge in [0.15, 0.2) is 0 Å². The number of nitrogens with zero attached hydrogens (tertiary/aromatic N) is 2. The number of rotatable bonds is 2. The Kier molecular flexibility index (Phi) is 3.28. The number of hydrogen-bond acceptors (Lipinski definition) is 3. The first-order chi connectivity index (χ1) is 8.86. The van der Waals surface area contributed by atoms with Crippen molar-refractivity contribution < 1.29 is 4.79 Å². The number of pyridine rings is 1. The summed E-state index contributed by atoms with van der Waals surface area (Å²) in [5.41, 5.74) is 0.711. The van der Waals surface area contributed by atoms with E-state index in [9.17, 15) is 4.79 Å². The van der Waals surface area contributed by atoms with Crippen LogP contribution in [-0.2, 0) is 0 Å². The second-order valence-corrected chi connectivity index (χ2v) is 5.15. The molecule has 1 amide bonds. The molecule has 3 rings (SSSR count). The molecular formula is C14H19N3O. The van der Waals surface area contributed by atoms with Gasteiger partial charge in [0.05, 0.1) is 5.56 Å². The van der Waals surface area contributed by atoms with Gasteiger partial charge in [0, 0.05) is 31.0 Å². The number of likely N-dealkylation sites (tertiary alicyclic amines) is 1. The van der Waals surface area contributed by atoms with Crippen LogP contribution in [0.5, 0.6) is 0 Å². The number of carbonyl (C=O) groups excluding carboxylic acids is 1. The average molecular weight is 245 g/mol. The summed E-state index contributed by atoms with van der Waals surface area (Å²) in [6.07, 6.45) is 8.05. The molecule has 2 saturated heterocycles. The van der Waals surface area contributed by atoms with E-state index in [0.29, 0.717) is 17.6 Å². The van der Waals surface area contributed by atoms with Gasteiger partial charge in [-0.05, 0) is 44.4 Å². The van der Waals surface area contributed by atoms with E-state index in [1.54, 1.807) is 12.4 Å². The minimum atomic E-state index is 0.138. The third kappa shape index (κ3) is 2.12. The molecule has 2 atom stereocenters. The highest BCUT2D eigenvalue weighted by Crippen LogP contribution is 2.26. The Hall–Kier alpha value is -1.42. The zero-order valence-corrected chi connectivity index (χ0v) is 10.5. The molecule has 0 spiro atoms. The first kappa shape index (κ1) is 11.7. The van der Waals surface area contributed by atoms with E-state index >= 15 is 0 Å². The summed E-state index contributed by atoms with van der Waals surface area (Å²) < 4.78 is 0. The molecule has 96 valence electrons. The van der Waals surface area contributed by atoms with Crippen molar-refractivity contribution >= 4 is 5.91 Å². The lowest BCUT2D eigenvalue weighted by Gasteiger charge is -2.29. The molecule has 4 heteroatoms.